The van der Waals surface area contributed by atoms with Crippen molar-refractivity contribution in [2.75, 3.05) is 6.61 Å². The molecule has 0 atom stereocenters. The number of unbranched alkanes of at least 4 members (excludes halogenated alkanes) is 2. The number of aryl methyl sites for hydroxylation is 2. The van der Waals surface area contributed by atoms with Gasteiger partial charge in [0.2, 0.25) is 0 Å². The third-order valence-electron chi connectivity index (χ3n) is 5.71. The molecule has 160 valence electrons. The van der Waals surface area contributed by atoms with Crippen LogP contribution in [0, 0.1) is 12.7 Å². The van der Waals surface area contributed by atoms with Crippen molar-refractivity contribution < 1.29 is 9.13 Å². The molecule has 0 fully saturated rings. The third kappa shape index (κ3) is 4.54. The zero-order chi connectivity index (χ0) is 21.8. The molecule has 3 nitrogen and oxygen atoms in total. The Morgan fingerprint density at radius 2 is 1.81 bits per heavy atom. The molecule has 0 radical (unpaired) electrons. The van der Waals surface area contributed by atoms with Gasteiger partial charge in [-0.1, -0.05) is 62.2 Å². The van der Waals surface area contributed by atoms with Crippen LogP contribution < -0.4 is 0 Å². The van der Waals surface area contributed by atoms with Gasteiger partial charge in [-0.25, -0.2) is 4.39 Å². The molecule has 4 heteroatoms. The number of ether oxygens (including phenoxy) is 1. The van der Waals surface area contributed by atoms with Crippen molar-refractivity contribution in [3.05, 3.63) is 77.6 Å². The standard InChI is InChI=1S/C27H29FN2O/c1-4-5-8-15-31-18-21-9-6-7-10-22(21)20-12-14-23(25(28)17-20)27-24-13-11-19(2)16-26(24)30(3)29-27/h6-7,9-14,16-17H,4-5,8,15,18H2,1-3H3. The van der Waals surface area contributed by atoms with Crippen molar-refractivity contribution in [2.45, 2.75) is 39.7 Å². The van der Waals surface area contributed by atoms with Crippen LogP contribution in [0.2, 0.25) is 0 Å². The molecule has 0 N–H and O–H groups in total. The summed E-state index contributed by atoms with van der Waals surface area (Å²) < 4.78 is 23.0. The van der Waals surface area contributed by atoms with Gasteiger partial charge in [-0.15, -0.1) is 0 Å². The molecule has 0 saturated heterocycles. The van der Waals surface area contributed by atoms with E-state index in [1.165, 1.54) is 12.8 Å². The molecule has 1 heterocycles. The Hall–Kier alpha value is -2.98. The van der Waals surface area contributed by atoms with Crippen LogP contribution in [-0.4, -0.2) is 16.4 Å². The minimum absolute atomic E-state index is 0.267. The summed E-state index contributed by atoms with van der Waals surface area (Å²) in [5.74, 6) is -0.267. The summed E-state index contributed by atoms with van der Waals surface area (Å²) >= 11 is 0. The first-order valence-corrected chi connectivity index (χ1v) is 11.0. The zero-order valence-electron chi connectivity index (χ0n) is 18.5. The maximum Gasteiger partial charge on any atom is 0.133 e. The van der Waals surface area contributed by atoms with E-state index in [9.17, 15) is 0 Å². The van der Waals surface area contributed by atoms with Crippen LogP contribution in [0.5, 0.6) is 0 Å². The molecule has 0 aliphatic carbocycles. The second-order valence-corrected chi connectivity index (χ2v) is 8.10. The van der Waals surface area contributed by atoms with Crippen LogP contribution in [0.3, 0.4) is 0 Å². The van der Waals surface area contributed by atoms with E-state index in [2.05, 4.69) is 24.2 Å². The highest BCUT2D eigenvalue weighted by Crippen LogP contribution is 2.33. The van der Waals surface area contributed by atoms with Crippen molar-refractivity contribution in [3.8, 4) is 22.4 Å². The number of hydrogen-bond donors (Lipinski definition) is 0. The number of rotatable bonds is 8. The summed E-state index contributed by atoms with van der Waals surface area (Å²) in [6, 6.07) is 19.6. The van der Waals surface area contributed by atoms with Gasteiger partial charge >= 0.3 is 0 Å². The minimum Gasteiger partial charge on any atom is -0.377 e. The van der Waals surface area contributed by atoms with Gasteiger partial charge in [0.05, 0.1) is 12.1 Å². The van der Waals surface area contributed by atoms with Gasteiger partial charge in [0, 0.05) is 24.6 Å². The highest BCUT2D eigenvalue weighted by Gasteiger charge is 2.16. The molecule has 0 bridgehead atoms. The van der Waals surface area contributed by atoms with Gasteiger partial charge in [-0.3, -0.25) is 4.68 Å². The summed E-state index contributed by atoms with van der Waals surface area (Å²) in [5.41, 5.74) is 6.29. The normalized spacial score (nSPS) is 11.4. The van der Waals surface area contributed by atoms with Crippen LogP contribution in [-0.2, 0) is 18.4 Å². The van der Waals surface area contributed by atoms with Gasteiger partial charge in [0.1, 0.15) is 11.5 Å². The van der Waals surface area contributed by atoms with E-state index in [4.69, 9.17) is 4.74 Å². The molecular formula is C27H29FN2O. The van der Waals surface area contributed by atoms with Crippen LogP contribution >= 0.6 is 0 Å². The van der Waals surface area contributed by atoms with Crippen molar-refractivity contribution in [1.29, 1.82) is 0 Å². The quantitative estimate of drug-likeness (QED) is 0.287. The fraction of sp³-hybridized carbons (Fsp3) is 0.296. The zero-order valence-corrected chi connectivity index (χ0v) is 18.5. The lowest BCUT2D eigenvalue weighted by Crippen LogP contribution is -1.98. The van der Waals surface area contributed by atoms with Gasteiger partial charge in [-0.2, -0.15) is 5.10 Å². The molecule has 0 amide bonds. The van der Waals surface area contributed by atoms with E-state index in [-0.39, 0.29) is 5.82 Å². The summed E-state index contributed by atoms with van der Waals surface area (Å²) in [4.78, 5) is 0. The third-order valence-corrected chi connectivity index (χ3v) is 5.71. The predicted octanol–water partition coefficient (Wildman–Crippen LogP) is 7.06. The number of aromatic nitrogens is 2. The lowest BCUT2D eigenvalue weighted by molar-refractivity contribution is 0.117. The monoisotopic (exact) mass is 416 g/mol. The van der Waals surface area contributed by atoms with E-state index in [0.717, 1.165) is 46.2 Å². The van der Waals surface area contributed by atoms with Gasteiger partial charge < -0.3 is 4.74 Å². The first-order chi connectivity index (χ1) is 15.1. The molecule has 4 rings (SSSR count). The fourth-order valence-corrected chi connectivity index (χ4v) is 4.01. The van der Waals surface area contributed by atoms with Gasteiger partial charge in [0.15, 0.2) is 0 Å². The van der Waals surface area contributed by atoms with Gasteiger partial charge in [0.25, 0.3) is 0 Å². The van der Waals surface area contributed by atoms with Crippen LogP contribution in [0.15, 0.2) is 60.7 Å². The largest absolute Gasteiger partial charge is 0.377 e. The van der Waals surface area contributed by atoms with E-state index >= 15 is 4.39 Å². The first-order valence-electron chi connectivity index (χ1n) is 11.0. The summed E-state index contributed by atoms with van der Waals surface area (Å²) in [7, 11) is 1.90. The average molecular weight is 417 g/mol. The van der Waals surface area contributed by atoms with Crippen molar-refractivity contribution in [2.24, 2.45) is 7.05 Å². The molecule has 3 aromatic carbocycles. The van der Waals surface area contributed by atoms with Crippen molar-refractivity contribution >= 4 is 10.9 Å². The maximum atomic E-state index is 15.3. The molecule has 1 aromatic heterocycles. The highest BCUT2D eigenvalue weighted by molar-refractivity contribution is 5.94. The average Bonchev–Trinajstić information content (AvgIpc) is 3.09. The number of hydrogen-bond acceptors (Lipinski definition) is 2. The second kappa shape index (κ2) is 9.44. The molecule has 0 aliphatic rings. The Bertz CT molecular complexity index is 1200. The summed E-state index contributed by atoms with van der Waals surface area (Å²) in [6.45, 7) is 5.52. The molecular weight excluding hydrogens is 387 g/mol. The number of halogens is 1. The smallest absolute Gasteiger partial charge is 0.133 e. The molecule has 0 unspecified atom stereocenters. The van der Waals surface area contributed by atoms with Crippen molar-refractivity contribution in [1.82, 2.24) is 9.78 Å². The minimum atomic E-state index is -0.267. The molecule has 4 aromatic rings. The topological polar surface area (TPSA) is 27.1 Å². The highest BCUT2D eigenvalue weighted by atomic mass is 19.1. The lowest BCUT2D eigenvalue weighted by atomic mass is 9.97. The second-order valence-electron chi connectivity index (χ2n) is 8.10. The summed E-state index contributed by atoms with van der Waals surface area (Å²) in [5, 5.41) is 5.56. The Morgan fingerprint density at radius 3 is 2.61 bits per heavy atom. The fourth-order valence-electron chi connectivity index (χ4n) is 4.01. The Labute approximate surface area is 183 Å². The van der Waals surface area contributed by atoms with E-state index in [1.807, 2.05) is 61.1 Å². The first kappa shape index (κ1) is 21.3. The van der Waals surface area contributed by atoms with Crippen molar-refractivity contribution in [3.63, 3.8) is 0 Å². The molecule has 0 spiro atoms. The van der Waals surface area contributed by atoms with E-state index < -0.39 is 0 Å². The summed E-state index contributed by atoms with van der Waals surface area (Å²) in [6.07, 6.45) is 3.42. The number of nitrogens with zero attached hydrogens (tertiary/aromatic N) is 2. The Morgan fingerprint density at radius 1 is 0.968 bits per heavy atom. The molecule has 31 heavy (non-hydrogen) atoms. The Balaban J connectivity index is 1.64. The maximum absolute atomic E-state index is 15.3. The van der Waals surface area contributed by atoms with Crippen LogP contribution in [0.4, 0.5) is 4.39 Å². The number of benzene rings is 3. The lowest BCUT2D eigenvalue weighted by Gasteiger charge is -2.12. The number of fused-ring (bicyclic) bond motifs is 1. The van der Waals surface area contributed by atoms with Crippen LogP contribution in [0.1, 0.15) is 37.3 Å². The predicted molar refractivity (Wildman–Crippen MR) is 125 cm³/mol. The Kier molecular flexibility index (Phi) is 6.47. The van der Waals surface area contributed by atoms with E-state index in [1.54, 1.807) is 6.07 Å². The van der Waals surface area contributed by atoms with E-state index in [0.29, 0.717) is 17.9 Å². The molecule has 0 saturated carbocycles. The molecule has 0 aliphatic heterocycles. The van der Waals surface area contributed by atoms with Gasteiger partial charge in [-0.05, 0) is 53.8 Å². The SMILES string of the molecule is CCCCCOCc1ccccc1-c1ccc(-c2nn(C)c3cc(C)ccc23)c(F)c1. The van der Waals surface area contributed by atoms with Crippen LogP contribution in [0.25, 0.3) is 33.3 Å².